The molecule has 0 bridgehead atoms. The lowest BCUT2D eigenvalue weighted by Gasteiger charge is -2.19. The molecule has 0 saturated heterocycles. The van der Waals surface area contributed by atoms with Crippen molar-refractivity contribution in [2.75, 3.05) is 11.9 Å². The molecule has 0 aliphatic carbocycles. The first kappa shape index (κ1) is 13.5. The lowest BCUT2D eigenvalue weighted by atomic mass is 10.1. The van der Waals surface area contributed by atoms with E-state index in [0.717, 1.165) is 22.8 Å². The van der Waals surface area contributed by atoms with Crippen LogP contribution in [-0.4, -0.2) is 22.3 Å². The van der Waals surface area contributed by atoms with Crippen LogP contribution in [-0.2, 0) is 0 Å². The second-order valence-electron chi connectivity index (χ2n) is 5.50. The van der Waals surface area contributed by atoms with Crippen LogP contribution in [0, 0.1) is 0 Å². The number of rotatable bonds is 4. The number of hydrogen-bond acceptors (Lipinski definition) is 3. The number of H-pyrrole nitrogens is 1. The Labute approximate surface area is 114 Å². The van der Waals surface area contributed by atoms with Crippen LogP contribution in [0.15, 0.2) is 30.3 Å². The molecule has 19 heavy (non-hydrogen) atoms. The van der Waals surface area contributed by atoms with E-state index in [1.807, 2.05) is 37.3 Å². The van der Waals surface area contributed by atoms with Crippen molar-refractivity contribution >= 4 is 5.82 Å². The van der Waals surface area contributed by atoms with Gasteiger partial charge in [0.05, 0.1) is 12.3 Å². The summed E-state index contributed by atoms with van der Waals surface area (Å²) >= 11 is 0. The largest absolute Gasteiger partial charge is 0.494 e. The SMILES string of the molecule is CCOc1ccc(-c2cc(NC(C)(C)C)n[nH]2)cc1. The summed E-state index contributed by atoms with van der Waals surface area (Å²) in [5.41, 5.74) is 2.10. The van der Waals surface area contributed by atoms with E-state index in [-0.39, 0.29) is 5.54 Å². The Morgan fingerprint density at radius 1 is 1.21 bits per heavy atom. The molecular weight excluding hydrogens is 238 g/mol. The van der Waals surface area contributed by atoms with Crippen LogP contribution in [0.5, 0.6) is 5.75 Å². The summed E-state index contributed by atoms with van der Waals surface area (Å²) in [7, 11) is 0. The van der Waals surface area contributed by atoms with Crippen LogP contribution >= 0.6 is 0 Å². The average Bonchev–Trinajstić information content (AvgIpc) is 2.76. The highest BCUT2D eigenvalue weighted by molar-refractivity contribution is 5.63. The predicted molar refractivity (Wildman–Crippen MR) is 78.6 cm³/mol. The van der Waals surface area contributed by atoms with Gasteiger partial charge < -0.3 is 10.1 Å². The normalized spacial score (nSPS) is 11.4. The highest BCUT2D eigenvalue weighted by atomic mass is 16.5. The molecule has 0 aliphatic rings. The number of aromatic nitrogens is 2. The number of nitrogens with one attached hydrogen (secondary N) is 2. The van der Waals surface area contributed by atoms with Gasteiger partial charge in [0.25, 0.3) is 0 Å². The molecule has 2 N–H and O–H groups in total. The van der Waals surface area contributed by atoms with Gasteiger partial charge in [0.15, 0.2) is 0 Å². The van der Waals surface area contributed by atoms with Crippen LogP contribution in [0.25, 0.3) is 11.3 Å². The molecular formula is C15H21N3O. The van der Waals surface area contributed by atoms with Gasteiger partial charge in [0.2, 0.25) is 0 Å². The van der Waals surface area contributed by atoms with Crippen molar-refractivity contribution < 1.29 is 4.74 Å². The molecule has 0 spiro atoms. The van der Waals surface area contributed by atoms with E-state index in [1.54, 1.807) is 0 Å². The van der Waals surface area contributed by atoms with Crippen molar-refractivity contribution in [3.8, 4) is 17.0 Å². The summed E-state index contributed by atoms with van der Waals surface area (Å²) in [5, 5.41) is 10.6. The Bertz CT molecular complexity index is 523. The van der Waals surface area contributed by atoms with Gasteiger partial charge in [-0.1, -0.05) is 0 Å². The Hall–Kier alpha value is -1.97. The van der Waals surface area contributed by atoms with Crippen molar-refractivity contribution in [3.63, 3.8) is 0 Å². The second kappa shape index (κ2) is 5.34. The maximum atomic E-state index is 5.43. The van der Waals surface area contributed by atoms with E-state index in [4.69, 9.17) is 4.74 Å². The van der Waals surface area contributed by atoms with Crippen molar-refractivity contribution in [1.82, 2.24) is 10.2 Å². The highest BCUT2D eigenvalue weighted by Gasteiger charge is 2.12. The first-order chi connectivity index (χ1) is 8.98. The molecule has 4 nitrogen and oxygen atoms in total. The van der Waals surface area contributed by atoms with E-state index < -0.39 is 0 Å². The fraction of sp³-hybridized carbons (Fsp3) is 0.400. The van der Waals surface area contributed by atoms with E-state index in [1.165, 1.54) is 0 Å². The summed E-state index contributed by atoms with van der Waals surface area (Å²) in [6.07, 6.45) is 0. The summed E-state index contributed by atoms with van der Waals surface area (Å²) in [6.45, 7) is 8.99. The fourth-order valence-electron chi connectivity index (χ4n) is 1.82. The minimum Gasteiger partial charge on any atom is -0.494 e. The Morgan fingerprint density at radius 3 is 2.47 bits per heavy atom. The lowest BCUT2D eigenvalue weighted by molar-refractivity contribution is 0.340. The van der Waals surface area contributed by atoms with Crippen LogP contribution in [0.2, 0.25) is 0 Å². The molecule has 1 aromatic heterocycles. The third kappa shape index (κ3) is 3.74. The molecule has 102 valence electrons. The molecule has 1 aromatic carbocycles. The summed E-state index contributed by atoms with van der Waals surface area (Å²) < 4.78 is 5.43. The summed E-state index contributed by atoms with van der Waals surface area (Å²) in [4.78, 5) is 0. The number of anilines is 1. The van der Waals surface area contributed by atoms with Gasteiger partial charge in [-0.3, -0.25) is 5.10 Å². The van der Waals surface area contributed by atoms with Crippen LogP contribution in [0.1, 0.15) is 27.7 Å². The highest BCUT2D eigenvalue weighted by Crippen LogP contribution is 2.23. The third-order valence-electron chi connectivity index (χ3n) is 2.56. The zero-order valence-electron chi connectivity index (χ0n) is 11.9. The molecule has 2 rings (SSSR count). The first-order valence-electron chi connectivity index (χ1n) is 6.55. The first-order valence-corrected chi connectivity index (χ1v) is 6.55. The molecule has 2 aromatic rings. The molecule has 0 unspecified atom stereocenters. The average molecular weight is 259 g/mol. The zero-order chi connectivity index (χ0) is 13.9. The minimum absolute atomic E-state index is 0.00524. The number of benzene rings is 1. The Morgan fingerprint density at radius 2 is 1.89 bits per heavy atom. The van der Waals surface area contributed by atoms with E-state index in [0.29, 0.717) is 6.61 Å². The maximum Gasteiger partial charge on any atom is 0.148 e. The van der Waals surface area contributed by atoms with Crippen LogP contribution in [0.4, 0.5) is 5.82 Å². The summed E-state index contributed by atoms with van der Waals surface area (Å²) in [6, 6.07) is 10.0. The minimum atomic E-state index is 0.00524. The smallest absolute Gasteiger partial charge is 0.148 e. The van der Waals surface area contributed by atoms with Gasteiger partial charge in [-0.25, -0.2) is 0 Å². The Balaban J connectivity index is 2.13. The van der Waals surface area contributed by atoms with Crippen LogP contribution < -0.4 is 10.1 Å². The predicted octanol–water partition coefficient (Wildman–Crippen LogP) is 3.69. The summed E-state index contributed by atoms with van der Waals surface area (Å²) in [5.74, 6) is 1.75. The second-order valence-corrected chi connectivity index (χ2v) is 5.50. The van der Waals surface area contributed by atoms with Gasteiger partial charge in [0.1, 0.15) is 11.6 Å². The molecule has 0 atom stereocenters. The third-order valence-corrected chi connectivity index (χ3v) is 2.56. The molecule has 0 radical (unpaired) electrons. The van der Waals surface area contributed by atoms with E-state index >= 15 is 0 Å². The number of aromatic amines is 1. The monoisotopic (exact) mass is 259 g/mol. The van der Waals surface area contributed by atoms with Crippen molar-refractivity contribution in [2.24, 2.45) is 0 Å². The number of ether oxygens (including phenoxy) is 1. The molecule has 0 saturated carbocycles. The van der Waals surface area contributed by atoms with Crippen molar-refractivity contribution in [3.05, 3.63) is 30.3 Å². The van der Waals surface area contributed by atoms with Gasteiger partial charge >= 0.3 is 0 Å². The van der Waals surface area contributed by atoms with Gasteiger partial charge in [-0.15, -0.1) is 0 Å². The number of hydrogen-bond donors (Lipinski definition) is 2. The van der Waals surface area contributed by atoms with Crippen molar-refractivity contribution in [2.45, 2.75) is 33.2 Å². The van der Waals surface area contributed by atoms with Crippen molar-refractivity contribution in [1.29, 1.82) is 0 Å². The quantitative estimate of drug-likeness (QED) is 0.880. The molecule has 0 aliphatic heterocycles. The number of nitrogens with zero attached hydrogens (tertiary/aromatic N) is 1. The fourth-order valence-corrected chi connectivity index (χ4v) is 1.82. The molecule has 0 fully saturated rings. The molecule has 0 amide bonds. The standard InChI is InChI=1S/C15H21N3O/c1-5-19-12-8-6-11(7-9-12)13-10-14(18-17-13)16-15(2,3)4/h6-10H,5H2,1-4H3,(H2,16,17,18). The zero-order valence-corrected chi connectivity index (χ0v) is 11.9. The van der Waals surface area contributed by atoms with Crippen LogP contribution in [0.3, 0.4) is 0 Å². The maximum absolute atomic E-state index is 5.43. The topological polar surface area (TPSA) is 49.9 Å². The van der Waals surface area contributed by atoms with E-state index in [2.05, 4.69) is 36.3 Å². The molecule has 4 heteroatoms. The lowest BCUT2D eigenvalue weighted by Crippen LogP contribution is -2.26. The van der Waals surface area contributed by atoms with Gasteiger partial charge in [0, 0.05) is 11.6 Å². The Kier molecular flexibility index (Phi) is 3.79. The van der Waals surface area contributed by atoms with Gasteiger partial charge in [-0.2, -0.15) is 5.10 Å². The molecule has 1 heterocycles. The van der Waals surface area contributed by atoms with Gasteiger partial charge in [-0.05, 0) is 57.5 Å². The van der Waals surface area contributed by atoms with E-state index in [9.17, 15) is 0 Å².